The predicted molar refractivity (Wildman–Crippen MR) is 142 cm³/mol. The number of nitrogens with zero attached hydrogens (tertiary/aromatic N) is 3. The molecule has 8 heteroatoms. The van der Waals surface area contributed by atoms with Crippen molar-refractivity contribution < 1.29 is 9.15 Å². The molecule has 4 aromatic rings. The molecule has 1 atom stereocenters. The van der Waals surface area contributed by atoms with Crippen LogP contribution in [-0.4, -0.2) is 18.1 Å². The first kappa shape index (κ1) is 23.7. The number of ether oxygens (including phenoxy) is 1. The number of anilines is 1. The number of halogens is 1. The topological polar surface area (TPSA) is 105 Å². The fourth-order valence-electron chi connectivity index (χ4n) is 5.05. The highest BCUT2D eigenvalue weighted by Gasteiger charge is 2.37. The van der Waals surface area contributed by atoms with Crippen LogP contribution in [0.15, 0.2) is 57.1 Å². The van der Waals surface area contributed by atoms with E-state index in [2.05, 4.69) is 29.8 Å². The summed E-state index contributed by atoms with van der Waals surface area (Å²) in [6.45, 7) is 9.70. The van der Waals surface area contributed by atoms with Gasteiger partial charge < -0.3 is 19.8 Å². The molecule has 2 aromatic heterocycles. The Labute approximate surface area is 213 Å². The Balaban J connectivity index is 1.80. The van der Waals surface area contributed by atoms with E-state index in [0.29, 0.717) is 16.5 Å². The largest absolute Gasteiger partial charge is 0.439 e. The zero-order valence-corrected chi connectivity index (χ0v) is 21.2. The van der Waals surface area contributed by atoms with Gasteiger partial charge in [-0.1, -0.05) is 23.2 Å². The van der Waals surface area contributed by atoms with Crippen LogP contribution in [0.25, 0.3) is 21.9 Å². The quantitative estimate of drug-likeness (QED) is 0.284. The number of hydrogen-bond acceptors (Lipinski definition) is 7. The Kier molecular flexibility index (Phi) is 5.85. The van der Waals surface area contributed by atoms with Crippen molar-refractivity contribution in [3.63, 3.8) is 0 Å². The molecule has 1 aliphatic rings. The first-order valence-electron chi connectivity index (χ1n) is 11.8. The summed E-state index contributed by atoms with van der Waals surface area (Å²) in [6, 6.07) is 13.6. The Hall–Kier alpha value is -4.02. The summed E-state index contributed by atoms with van der Waals surface area (Å²) in [4.78, 5) is 20.2. The van der Waals surface area contributed by atoms with Crippen molar-refractivity contribution in [1.29, 1.82) is 5.26 Å². The highest BCUT2D eigenvalue weighted by Crippen LogP contribution is 2.46. The second kappa shape index (κ2) is 8.89. The van der Waals surface area contributed by atoms with Gasteiger partial charge in [0.1, 0.15) is 22.4 Å². The van der Waals surface area contributed by atoms with Gasteiger partial charge in [-0.05, 0) is 57.5 Å². The van der Waals surface area contributed by atoms with Crippen LogP contribution >= 0.6 is 11.6 Å². The molecule has 0 saturated carbocycles. The molecule has 0 bridgehead atoms. The Morgan fingerprint density at radius 3 is 2.61 bits per heavy atom. The first-order chi connectivity index (χ1) is 17.3. The number of aryl methyl sites for hydroxylation is 2. The summed E-state index contributed by atoms with van der Waals surface area (Å²) < 4.78 is 11.7. The van der Waals surface area contributed by atoms with Crippen molar-refractivity contribution in [3.05, 3.63) is 85.7 Å². The van der Waals surface area contributed by atoms with Gasteiger partial charge in [-0.2, -0.15) is 5.26 Å². The molecule has 0 spiro atoms. The van der Waals surface area contributed by atoms with Crippen molar-refractivity contribution in [3.8, 4) is 11.8 Å². The monoisotopic (exact) mass is 500 g/mol. The summed E-state index contributed by atoms with van der Waals surface area (Å²) >= 11 is 6.68. The molecule has 0 aliphatic carbocycles. The summed E-state index contributed by atoms with van der Waals surface area (Å²) in [5, 5.41) is 11.6. The van der Waals surface area contributed by atoms with Crippen LogP contribution < -0.4 is 21.0 Å². The van der Waals surface area contributed by atoms with Gasteiger partial charge in [0, 0.05) is 35.8 Å². The minimum absolute atomic E-state index is 0.0775. The summed E-state index contributed by atoms with van der Waals surface area (Å²) in [5.41, 5.74) is 10.5. The van der Waals surface area contributed by atoms with Crippen molar-refractivity contribution in [2.24, 2.45) is 5.73 Å². The molecular formula is C28H25ClN4O3. The number of nitrogens with two attached hydrogens (primary N) is 1. The molecule has 36 heavy (non-hydrogen) atoms. The third-order valence-electron chi connectivity index (χ3n) is 6.73. The highest BCUT2D eigenvalue weighted by molar-refractivity contribution is 6.30. The number of hydrogen-bond donors (Lipinski definition) is 1. The maximum absolute atomic E-state index is 13.4. The van der Waals surface area contributed by atoms with E-state index < -0.39 is 11.5 Å². The molecule has 0 amide bonds. The van der Waals surface area contributed by atoms with E-state index in [1.54, 1.807) is 0 Å². The van der Waals surface area contributed by atoms with Gasteiger partial charge in [0.15, 0.2) is 5.75 Å². The molecular weight excluding hydrogens is 476 g/mol. The Bertz CT molecular complexity index is 1680. The number of aromatic nitrogens is 1. The number of nitriles is 1. The van der Waals surface area contributed by atoms with Gasteiger partial charge in [0.05, 0.1) is 22.4 Å². The normalized spacial score (nSPS) is 15.1. The molecule has 182 valence electrons. The van der Waals surface area contributed by atoms with Crippen LogP contribution in [-0.2, 0) is 0 Å². The molecule has 0 saturated heterocycles. The van der Waals surface area contributed by atoms with E-state index in [0.717, 1.165) is 40.8 Å². The lowest BCUT2D eigenvalue weighted by Crippen LogP contribution is -2.27. The minimum Gasteiger partial charge on any atom is -0.439 e. The zero-order valence-electron chi connectivity index (χ0n) is 20.5. The van der Waals surface area contributed by atoms with Gasteiger partial charge in [0.2, 0.25) is 5.88 Å². The van der Waals surface area contributed by atoms with E-state index in [-0.39, 0.29) is 27.9 Å². The van der Waals surface area contributed by atoms with E-state index in [1.165, 1.54) is 0 Å². The van der Waals surface area contributed by atoms with Gasteiger partial charge in [-0.3, -0.25) is 0 Å². The van der Waals surface area contributed by atoms with Crippen LogP contribution in [0, 0.1) is 25.2 Å². The van der Waals surface area contributed by atoms with Crippen LogP contribution in [0.3, 0.4) is 0 Å². The second-order valence-corrected chi connectivity index (χ2v) is 9.29. The Morgan fingerprint density at radius 2 is 1.92 bits per heavy atom. The SMILES string of the molecule is CCN(CC)c1ccc2c3c(c(=O)oc2c1)[C@H](c1cc2cc(C)cc(C)c2nc1Cl)C(C#N)=C(N)O3. The van der Waals surface area contributed by atoms with Crippen LogP contribution in [0.4, 0.5) is 5.69 Å². The number of rotatable bonds is 4. The van der Waals surface area contributed by atoms with E-state index in [9.17, 15) is 10.1 Å². The molecule has 0 radical (unpaired) electrons. The number of fused-ring (bicyclic) bond motifs is 4. The number of pyridine rings is 1. The highest BCUT2D eigenvalue weighted by atomic mass is 35.5. The molecule has 0 unspecified atom stereocenters. The fraction of sp³-hybridized carbons (Fsp3) is 0.250. The van der Waals surface area contributed by atoms with Crippen molar-refractivity contribution in [1.82, 2.24) is 4.98 Å². The van der Waals surface area contributed by atoms with Crippen molar-refractivity contribution in [2.75, 3.05) is 18.0 Å². The molecule has 2 N–H and O–H groups in total. The van der Waals surface area contributed by atoms with E-state index >= 15 is 0 Å². The molecule has 0 fully saturated rings. The lowest BCUT2D eigenvalue weighted by molar-refractivity contribution is 0.388. The van der Waals surface area contributed by atoms with E-state index in [1.807, 2.05) is 50.2 Å². The van der Waals surface area contributed by atoms with Gasteiger partial charge in [0.25, 0.3) is 0 Å². The third-order valence-corrected chi connectivity index (χ3v) is 7.03. The lowest BCUT2D eigenvalue weighted by Gasteiger charge is -2.27. The number of allylic oxidation sites excluding steroid dienone is 1. The van der Waals surface area contributed by atoms with Gasteiger partial charge in [-0.15, -0.1) is 0 Å². The van der Waals surface area contributed by atoms with Crippen molar-refractivity contribution >= 4 is 39.2 Å². The smallest absolute Gasteiger partial charge is 0.344 e. The zero-order chi connectivity index (χ0) is 25.7. The van der Waals surface area contributed by atoms with Gasteiger partial charge >= 0.3 is 5.63 Å². The maximum Gasteiger partial charge on any atom is 0.344 e. The summed E-state index contributed by atoms with van der Waals surface area (Å²) in [5.74, 6) is -0.691. The minimum atomic E-state index is -0.882. The van der Waals surface area contributed by atoms with E-state index in [4.69, 9.17) is 26.5 Å². The maximum atomic E-state index is 13.4. The molecule has 7 nitrogen and oxygen atoms in total. The average Bonchev–Trinajstić information content (AvgIpc) is 2.84. The standard InChI is InChI=1S/C28H25ClN4O3/c1-5-33(6-2)17-7-8-18-21(12-17)35-28(34)23-22(20(13-30)27(31)36-25(18)23)19-11-16-10-14(3)9-15(4)24(16)32-26(19)29/h7-12,22H,5-6,31H2,1-4H3/t22-/m1/s1. The Morgan fingerprint density at radius 1 is 1.17 bits per heavy atom. The summed E-state index contributed by atoms with van der Waals surface area (Å²) in [6.07, 6.45) is 0. The second-order valence-electron chi connectivity index (χ2n) is 8.93. The molecule has 1 aliphatic heterocycles. The van der Waals surface area contributed by atoms with Crippen LogP contribution in [0.2, 0.25) is 5.15 Å². The lowest BCUT2D eigenvalue weighted by atomic mass is 9.84. The van der Waals surface area contributed by atoms with Crippen LogP contribution in [0.1, 0.15) is 42.0 Å². The van der Waals surface area contributed by atoms with Crippen molar-refractivity contribution in [2.45, 2.75) is 33.6 Å². The average molecular weight is 501 g/mol. The van der Waals surface area contributed by atoms with Crippen LogP contribution in [0.5, 0.6) is 5.75 Å². The molecule has 3 heterocycles. The molecule has 5 rings (SSSR count). The molecule has 2 aromatic carbocycles. The fourth-order valence-corrected chi connectivity index (χ4v) is 5.30. The van der Waals surface area contributed by atoms with Gasteiger partial charge in [-0.25, -0.2) is 9.78 Å². The number of benzene rings is 2. The summed E-state index contributed by atoms with van der Waals surface area (Å²) in [7, 11) is 0. The predicted octanol–water partition coefficient (Wildman–Crippen LogP) is 5.68. The first-order valence-corrected chi connectivity index (χ1v) is 12.2. The third kappa shape index (κ3) is 3.66.